The summed E-state index contributed by atoms with van der Waals surface area (Å²) in [4.78, 5) is 0. The Morgan fingerprint density at radius 3 is 1.88 bits per heavy atom. The highest BCUT2D eigenvalue weighted by atomic mass is 16.5. The van der Waals surface area contributed by atoms with Gasteiger partial charge in [-0.05, 0) is 35.0 Å². The number of azo groups is 1. The van der Waals surface area contributed by atoms with Gasteiger partial charge in [-0.15, -0.1) is 5.11 Å². The van der Waals surface area contributed by atoms with Gasteiger partial charge in [-0.3, -0.25) is 0 Å². The zero-order chi connectivity index (χ0) is 17.2. The van der Waals surface area contributed by atoms with Crippen LogP contribution in [0.25, 0.3) is 21.5 Å². The van der Waals surface area contributed by atoms with Crippen LogP contribution in [-0.2, 0) is 0 Å². The maximum atomic E-state index is 10.7. The van der Waals surface area contributed by atoms with Crippen molar-refractivity contribution in [2.75, 3.05) is 7.11 Å². The smallest absolute Gasteiger partial charge is 0.151 e. The van der Waals surface area contributed by atoms with E-state index >= 15 is 0 Å². The molecule has 0 heterocycles. The van der Waals surface area contributed by atoms with Crippen LogP contribution in [0.3, 0.4) is 0 Å². The van der Waals surface area contributed by atoms with Crippen LogP contribution in [0.4, 0.5) is 11.4 Å². The van der Waals surface area contributed by atoms with E-state index in [0.29, 0.717) is 11.4 Å². The number of phenolic OH excluding ortho intramolecular Hbond substituents is 1. The predicted octanol–water partition coefficient (Wildman–Crippen LogP) is 6.12. The average molecular weight is 328 g/mol. The van der Waals surface area contributed by atoms with Crippen molar-refractivity contribution < 1.29 is 9.84 Å². The first kappa shape index (κ1) is 15.1. The first-order valence-electron chi connectivity index (χ1n) is 7.96. The highest BCUT2D eigenvalue weighted by Crippen LogP contribution is 2.43. The minimum atomic E-state index is 0.145. The first-order chi connectivity index (χ1) is 12.3. The molecule has 0 unspecified atom stereocenters. The van der Waals surface area contributed by atoms with Crippen LogP contribution in [0.1, 0.15) is 0 Å². The molecule has 4 heteroatoms. The number of fused-ring (bicyclic) bond motifs is 3. The van der Waals surface area contributed by atoms with E-state index < -0.39 is 0 Å². The molecule has 0 saturated carbocycles. The fourth-order valence-corrected chi connectivity index (χ4v) is 2.96. The van der Waals surface area contributed by atoms with Crippen LogP contribution in [0.5, 0.6) is 11.5 Å². The molecule has 0 atom stereocenters. The lowest BCUT2D eigenvalue weighted by Gasteiger charge is -2.09. The Kier molecular flexibility index (Phi) is 3.78. The molecule has 0 spiro atoms. The van der Waals surface area contributed by atoms with E-state index in [9.17, 15) is 5.11 Å². The summed E-state index contributed by atoms with van der Waals surface area (Å²) in [6.45, 7) is 0. The second-order valence-corrected chi connectivity index (χ2v) is 5.69. The first-order valence-corrected chi connectivity index (χ1v) is 7.96. The lowest BCUT2D eigenvalue weighted by molar-refractivity contribution is 0.415. The van der Waals surface area contributed by atoms with Crippen LogP contribution < -0.4 is 4.74 Å². The van der Waals surface area contributed by atoms with Crippen LogP contribution in [0.2, 0.25) is 0 Å². The number of ether oxygens (including phenoxy) is 1. The number of rotatable bonds is 3. The summed E-state index contributed by atoms with van der Waals surface area (Å²) in [6.07, 6.45) is 0. The van der Waals surface area contributed by atoms with Crippen molar-refractivity contribution in [3.8, 4) is 11.5 Å². The molecular formula is C21H16N2O2. The molecule has 4 rings (SSSR count). The monoisotopic (exact) mass is 328 g/mol. The van der Waals surface area contributed by atoms with Gasteiger partial charge in [0.15, 0.2) is 5.75 Å². The maximum Gasteiger partial charge on any atom is 0.151 e. The van der Waals surface area contributed by atoms with Crippen LogP contribution in [0, 0.1) is 0 Å². The van der Waals surface area contributed by atoms with Gasteiger partial charge in [-0.1, -0.05) is 48.5 Å². The van der Waals surface area contributed by atoms with Gasteiger partial charge >= 0.3 is 0 Å². The Bertz CT molecular complexity index is 1090. The topological polar surface area (TPSA) is 54.2 Å². The zero-order valence-corrected chi connectivity index (χ0v) is 13.7. The van der Waals surface area contributed by atoms with Crippen molar-refractivity contribution in [2.45, 2.75) is 0 Å². The molecule has 4 nitrogen and oxygen atoms in total. The Morgan fingerprint density at radius 2 is 1.24 bits per heavy atom. The molecule has 0 aliphatic rings. The van der Waals surface area contributed by atoms with Gasteiger partial charge in [0.1, 0.15) is 11.4 Å². The molecule has 0 amide bonds. The summed E-state index contributed by atoms with van der Waals surface area (Å²) < 4.78 is 5.14. The zero-order valence-electron chi connectivity index (χ0n) is 13.7. The fraction of sp³-hybridized carbons (Fsp3) is 0.0476. The van der Waals surface area contributed by atoms with Crippen molar-refractivity contribution in [1.29, 1.82) is 0 Å². The molecule has 0 aliphatic carbocycles. The SMILES string of the molecule is COc1ccc(N=Nc2c(O)c3ccccc3c3ccccc23)cc1. The lowest BCUT2D eigenvalue weighted by Crippen LogP contribution is -1.81. The largest absolute Gasteiger partial charge is 0.505 e. The molecule has 1 N–H and O–H groups in total. The lowest BCUT2D eigenvalue weighted by atomic mass is 9.99. The third-order valence-corrected chi connectivity index (χ3v) is 4.22. The highest BCUT2D eigenvalue weighted by Gasteiger charge is 2.12. The molecule has 0 aromatic heterocycles. The molecule has 122 valence electrons. The minimum Gasteiger partial charge on any atom is -0.505 e. The number of methoxy groups -OCH3 is 1. The number of phenols is 1. The molecule has 25 heavy (non-hydrogen) atoms. The summed E-state index contributed by atoms with van der Waals surface area (Å²) in [7, 11) is 1.62. The van der Waals surface area contributed by atoms with Crippen LogP contribution in [-0.4, -0.2) is 12.2 Å². The Labute approximate surface area is 145 Å². The van der Waals surface area contributed by atoms with E-state index in [1.807, 2.05) is 72.8 Å². The number of nitrogens with zero attached hydrogens (tertiary/aromatic N) is 2. The van der Waals surface area contributed by atoms with E-state index in [1.54, 1.807) is 7.11 Å². The van der Waals surface area contributed by atoms with Gasteiger partial charge < -0.3 is 9.84 Å². The number of aromatic hydroxyl groups is 1. The fourth-order valence-electron chi connectivity index (χ4n) is 2.96. The summed E-state index contributed by atoms with van der Waals surface area (Å²) in [5, 5.41) is 23.0. The summed E-state index contributed by atoms with van der Waals surface area (Å²) in [6, 6.07) is 23.0. The van der Waals surface area contributed by atoms with Crippen LogP contribution in [0.15, 0.2) is 83.0 Å². The molecule has 4 aromatic carbocycles. The Balaban J connectivity index is 1.90. The van der Waals surface area contributed by atoms with Gasteiger partial charge in [-0.2, -0.15) is 5.11 Å². The number of hydrogen-bond acceptors (Lipinski definition) is 4. The van der Waals surface area contributed by atoms with Crippen molar-refractivity contribution in [2.24, 2.45) is 10.2 Å². The van der Waals surface area contributed by atoms with Gasteiger partial charge in [0.05, 0.1) is 12.8 Å². The standard InChI is InChI=1S/C21H16N2O2/c1-25-15-12-10-14(11-13-15)22-23-20-18-8-4-2-6-16(18)17-7-3-5-9-19(17)21(20)24/h2-13,24H,1H3. The summed E-state index contributed by atoms with van der Waals surface area (Å²) in [5.41, 5.74) is 1.17. The van der Waals surface area contributed by atoms with E-state index in [0.717, 1.165) is 27.3 Å². The van der Waals surface area contributed by atoms with E-state index in [-0.39, 0.29) is 5.75 Å². The molecule has 0 bridgehead atoms. The normalized spacial score (nSPS) is 11.4. The third kappa shape index (κ3) is 2.68. The van der Waals surface area contributed by atoms with Crippen molar-refractivity contribution in [1.82, 2.24) is 0 Å². The van der Waals surface area contributed by atoms with Crippen molar-refractivity contribution in [3.05, 3.63) is 72.8 Å². The van der Waals surface area contributed by atoms with Gasteiger partial charge in [-0.25, -0.2) is 0 Å². The summed E-state index contributed by atoms with van der Waals surface area (Å²) >= 11 is 0. The number of hydrogen-bond donors (Lipinski definition) is 1. The van der Waals surface area contributed by atoms with Crippen LogP contribution >= 0.6 is 0 Å². The number of benzene rings is 4. The van der Waals surface area contributed by atoms with Crippen molar-refractivity contribution in [3.63, 3.8) is 0 Å². The van der Waals surface area contributed by atoms with E-state index in [2.05, 4.69) is 10.2 Å². The Hall–Kier alpha value is -3.40. The molecular weight excluding hydrogens is 312 g/mol. The second kappa shape index (κ2) is 6.24. The minimum absolute atomic E-state index is 0.145. The highest BCUT2D eigenvalue weighted by molar-refractivity contribution is 6.15. The van der Waals surface area contributed by atoms with E-state index in [4.69, 9.17) is 4.74 Å². The maximum absolute atomic E-state index is 10.7. The molecule has 0 aliphatic heterocycles. The molecule has 4 aromatic rings. The van der Waals surface area contributed by atoms with Gasteiger partial charge in [0.25, 0.3) is 0 Å². The third-order valence-electron chi connectivity index (χ3n) is 4.22. The quantitative estimate of drug-likeness (QED) is 0.364. The van der Waals surface area contributed by atoms with Crippen molar-refractivity contribution >= 4 is 32.9 Å². The molecule has 0 fully saturated rings. The Morgan fingerprint density at radius 1 is 0.680 bits per heavy atom. The molecule has 0 saturated heterocycles. The predicted molar refractivity (Wildman–Crippen MR) is 100 cm³/mol. The van der Waals surface area contributed by atoms with E-state index in [1.165, 1.54) is 0 Å². The van der Waals surface area contributed by atoms with Gasteiger partial charge in [0.2, 0.25) is 0 Å². The summed E-state index contributed by atoms with van der Waals surface area (Å²) in [5.74, 6) is 0.907. The second-order valence-electron chi connectivity index (χ2n) is 5.69. The average Bonchev–Trinajstić information content (AvgIpc) is 2.68. The molecule has 0 radical (unpaired) electrons. The van der Waals surface area contributed by atoms with Gasteiger partial charge in [0, 0.05) is 10.8 Å².